The van der Waals surface area contributed by atoms with Gasteiger partial charge in [-0.05, 0) is 59.3 Å². The van der Waals surface area contributed by atoms with E-state index in [2.05, 4.69) is 0 Å². The van der Waals surface area contributed by atoms with Gasteiger partial charge in [-0.1, -0.05) is 48.5 Å². The second kappa shape index (κ2) is 10.2. The van der Waals surface area contributed by atoms with Crippen LogP contribution in [0.2, 0.25) is 0 Å². The van der Waals surface area contributed by atoms with Crippen LogP contribution in [-0.2, 0) is 0 Å². The van der Waals surface area contributed by atoms with Crippen LogP contribution < -0.4 is 18.9 Å². The molecule has 4 nitrogen and oxygen atoms in total. The summed E-state index contributed by atoms with van der Waals surface area (Å²) in [7, 11) is 0. The van der Waals surface area contributed by atoms with Crippen molar-refractivity contribution in [1.29, 1.82) is 0 Å². The molecule has 30 heavy (non-hydrogen) atoms. The van der Waals surface area contributed by atoms with Crippen LogP contribution in [0.5, 0.6) is 23.0 Å². The molecule has 0 spiro atoms. The fraction of sp³-hybridized carbons (Fsp3) is 0.154. The summed E-state index contributed by atoms with van der Waals surface area (Å²) in [6, 6.07) is 31.5. The van der Waals surface area contributed by atoms with Gasteiger partial charge in [0.25, 0.3) is 0 Å². The van der Waals surface area contributed by atoms with E-state index in [1.54, 1.807) is 0 Å². The van der Waals surface area contributed by atoms with Crippen LogP contribution in [-0.4, -0.2) is 26.4 Å². The summed E-state index contributed by atoms with van der Waals surface area (Å²) in [5, 5.41) is 2.20. The van der Waals surface area contributed by atoms with Gasteiger partial charge in [-0.25, -0.2) is 0 Å². The fourth-order valence-corrected chi connectivity index (χ4v) is 3.05. The molecule has 0 unspecified atom stereocenters. The second-order valence-corrected chi connectivity index (χ2v) is 6.69. The van der Waals surface area contributed by atoms with Crippen LogP contribution in [0.3, 0.4) is 0 Å². The number of rotatable bonds is 10. The van der Waals surface area contributed by atoms with Crippen molar-refractivity contribution in [3.05, 3.63) is 97.1 Å². The van der Waals surface area contributed by atoms with Gasteiger partial charge in [0, 0.05) is 0 Å². The lowest BCUT2D eigenvalue weighted by Gasteiger charge is -2.11. The first kappa shape index (κ1) is 19.6. The summed E-state index contributed by atoms with van der Waals surface area (Å²) < 4.78 is 22.9. The van der Waals surface area contributed by atoms with E-state index in [1.165, 1.54) is 0 Å². The average Bonchev–Trinajstić information content (AvgIpc) is 2.81. The topological polar surface area (TPSA) is 36.9 Å². The number of benzene rings is 4. The van der Waals surface area contributed by atoms with Crippen molar-refractivity contribution in [2.75, 3.05) is 26.4 Å². The highest BCUT2D eigenvalue weighted by Crippen LogP contribution is 2.25. The molecule has 0 N–H and O–H groups in total. The Labute approximate surface area is 176 Å². The number of hydrogen-bond acceptors (Lipinski definition) is 4. The predicted molar refractivity (Wildman–Crippen MR) is 119 cm³/mol. The first-order valence-electron chi connectivity index (χ1n) is 10.0. The molecule has 4 aromatic rings. The highest BCUT2D eigenvalue weighted by atomic mass is 16.5. The molecular formula is C26H24O4. The van der Waals surface area contributed by atoms with Crippen LogP contribution in [0.15, 0.2) is 97.1 Å². The summed E-state index contributed by atoms with van der Waals surface area (Å²) in [5.74, 6) is 3.34. The maximum Gasteiger partial charge on any atom is 0.122 e. The molecule has 0 amide bonds. The maximum atomic E-state index is 5.81. The number of para-hydroxylation sites is 2. The van der Waals surface area contributed by atoms with Gasteiger partial charge in [-0.15, -0.1) is 0 Å². The van der Waals surface area contributed by atoms with Crippen LogP contribution in [0.25, 0.3) is 10.8 Å². The summed E-state index contributed by atoms with van der Waals surface area (Å²) >= 11 is 0. The summed E-state index contributed by atoms with van der Waals surface area (Å²) in [6.45, 7) is 1.98. The zero-order chi connectivity index (χ0) is 20.4. The van der Waals surface area contributed by atoms with E-state index in [0.717, 1.165) is 33.8 Å². The van der Waals surface area contributed by atoms with E-state index in [-0.39, 0.29) is 0 Å². The Morgan fingerprint density at radius 2 is 0.733 bits per heavy atom. The SMILES string of the molecule is c1ccc(OCCOc2ccc3cc(OCCOc4ccccc4)ccc3c2)cc1. The van der Waals surface area contributed by atoms with Gasteiger partial charge in [0.05, 0.1) is 0 Å². The summed E-state index contributed by atoms with van der Waals surface area (Å²) in [4.78, 5) is 0. The van der Waals surface area contributed by atoms with Gasteiger partial charge in [0.15, 0.2) is 0 Å². The Hall–Kier alpha value is -3.66. The molecule has 152 valence electrons. The predicted octanol–water partition coefficient (Wildman–Crippen LogP) is 5.76. The molecule has 4 heteroatoms. The normalized spacial score (nSPS) is 10.5. The quantitative estimate of drug-likeness (QED) is 0.317. The molecule has 0 atom stereocenters. The van der Waals surface area contributed by atoms with Gasteiger partial charge in [-0.3, -0.25) is 0 Å². The summed E-state index contributed by atoms with van der Waals surface area (Å²) in [5.41, 5.74) is 0. The van der Waals surface area contributed by atoms with Crippen LogP contribution in [0.1, 0.15) is 0 Å². The van der Waals surface area contributed by atoms with Crippen molar-refractivity contribution in [2.24, 2.45) is 0 Å². The second-order valence-electron chi connectivity index (χ2n) is 6.69. The molecule has 0 aliphatic heterocycles. The van der Waals surface area contributed by atoms with E-state index in [9.17, 15) is 0 Å². The van der Waals surface area contributed by atoms with E-state index >= 15 is 0 Å². The largest absolute Gasteiger partial charge is 0.490 e. The van der Waals surface area contributed by atoms with E-state index in [0.29, 0.717) is 26.4 Å². The molecule has 0 aliphatic rings. The minimum atomic E-state index is 0.489. The molecule has 0 heterocycles. The monoisotopic (exact) mass is 400 g/mol. The molecule has 0 saturated heterocycles. The third kappa shape index (κ3) is 5.67. The lowest BCUT2D eigenvalue weighted by atomic mass is 10.1. The number of fused-ring (bicyclic) bond motifs is 1. The molecule has 4 rings (SSSR count). The van der Waals surface area contributed by atoms with Gasteiger partial charge in [0.2, 0.25) is 0 Å². The number of ether oxygens (including phenoxy) is 4. The van der Waals surface area contributed by atoms with Gasteiger partial charge < -0.3 is 18.9 Å². The lowest BCUT2D eigenvalue weighted by molar-refractivity contribution is 0.217. The Balaban J connectivity index is 1.24. The Morgan fingerprint density at radius 3 is 1.13 bits per heavy atom. The Kier molecular flexibility index (Phi) is 6.69. The minimum absolute atomic E-state index is 0.489. The van der Waals surface area contributed by atoms with Crippen LogP contribution in [0.4, 0.5) is 0 Å². The van der Waals surface area contributed by atoms with E-state index < -0.39 is 0 Å². The first-order valence-corrected chi connectivity index (χ1v) is 10.0. The fourth-order valence-electron chi connectivity index (χ4n) is 3.05. The average molecular weight is 400 g/mol. The Morgan fingerprint density at radius 1 is 0.367 bits per heavy atom. The van der Waals surface area contributed by atoms with Crippen molar-refractivity contribution in [1.82, 2.24) is 0 Å². The molecule has 0 saturated carbocycles. The van der Waals surface area contributed by atoms with Gasteiger partial charge in [0.1, 0.15) is 49.4 Å². The van der Waals surface area contributed by atoms with E-state index in [1.807, 2.05) is 97.1 Å². The van der Waals surface area contributed by atoms with Crippen molar-refractivity contribution in [3.63, 3.8) is 0 Å². The van der Waals surface area contributed by atoms with Gasteiger partial charge in [-0.2, -0.15) is 0 Å². The molecule has 0 aromatic heterocycles. The molecule has 0 aliphatic carbocycles. The molecule has 0 bridgehead atoms. The molecule has 0 fully saturated rings. The minimum Gasteiger partial charge on any atom is -0.490 e. The first-order chi connectivity index (χ1) is 14.9. The highest BCUT2D eigenvalue weighted by molar-refractivity contribution is 5.85. The maximum absolute atomic E-state index is 5.81. The van der Waals surface area contributed by atoms with Gasteiger partial charge >= 0.3 is 0 Å². The van der Waals surface area contributed by atoms with Crippen molar-refractivity contribution in [3.8, 4) is 23.0 Å². The van der Waals surface area contributed by atoms with Crippen molar-refractivity contribution in [2.45, 2.75) is 0 Å². The number of hydrogen-bond donors (Lipinski definition) is 0. The molecule has 0 radical (unpaired) electrons. The van der Waals surface area contributed by atoms with Crippen molar-refractivity contribution < 1.29 is 18.9 Å². The molecule has 4 aromatic carbocycles. The molecular weight excluding hydrogens is 376 g/mol. The summed E-state index contributed by atoms with van der Waals surface area (Å²) in [6.07, 6.45) is 0. The smallest absolute Gasteiger partial charge is 0.122 e. The third-order valence-electron chi connectivity index (χ3n) is 4.51. The van der Waals surface area contributed by atoms with Crippen LogP contribution in [0, 0.1) is 0 Å². The Bertz CT molecular complexity index is 962. The van der Waals surface area contributed by atoms with E-state index in [4.69, 9.17) is 18.9 Å². The van der Waals surface area contributed by atoms with Crippen LogP contribution >= 0.6 is 0 Å². The standard InChI is InChI=1S/C26H24O4/c1-3-7-23(8-4-1)27-15-17-29-25-13-11-22-20-26(14-12-21(22)19-25)30-18-16-28-24-9-5-2-6-10-24/h1-14,19-20H,15-18H2. The lowest BCUT2D eigenvalue weighted by Crippen LogP contribution is -2.09. The third-order valence-corrected chi connectivity index (χ3v) is 4.51. The van der Waals surface area contributed by atoms with Crippen molar-refractivity contribution >= 4 is 10.8 Å². The highest BCUT2D eigenvalue weighted by Gasteiger charge is 2.02. The zero-order valence-electron chi connectivity index (χ0n) is 16.7. The zero-order valence-corrected chi connectivity index (χ0v) is 16.7.